The number of amides is 2. The molecule has 1 saturated heterocycles. The third kappa shape index (κ3) is 3.54. The third-order valence-electron chi connectivity index (χ3n) is 4.72. The maximum Gasteiger partial charge on any atom is 0.414 e. The van der Waals surface area contributed by atoms with Crippen molar-refractivity contribution >= 4 is 29.5 Å². The Morgan fingerprint density at radius 2 is 2.24 bits per heavy atom. The summed E-state index contributed by atoms with van der Waals surface area (Å²) in [4.78, 5) is 28.7. The van der Waals surface area contributed by atoms with Gasteiger partial charge in [0.05, 0.1) is 30.7 Å². The lowest BCUT2D eigenvalue weighted by Gasteiger charge is -2.14. The number of benzene rings is 1. The van der Waals surface area contributed by atoms with Crippen LogP contribution >= 0.6 is 0 Å². The van der Waals surface area contributed by atoms with Crippen LogP contribution in [0.1, 0.15) is 12.6 Å². The van der Waals surface area contributed by atoms with E-state index >= 15 is 0 Å². The average molecular weight is 395 g/mol. The van der Waals surface area contributed by atoms with Crippen molar-refractivity contribution in [1.82, 2.24) is 14.7 Å². The first-order valence-electron chi connectivity index (χ1n) is 8.96. The minimum atomic E-state index is -0.578. The minimum Gasteiger partial charge on any atom is -0.442 e. The van der Waals surface area contributed by atoms with Crippen LogP contribution in [0.4, 0.5) is 14.9 Å². The van der Waals surface area contributed by atoms with Gasteiger partial charge in [0, 0.05) is 24.9 Å². The molecule has 3 aromatic rings. The van der Waals surface area contributed by atoms with Crippen LogP contribution in [0.3, 0.4) is 0 Å². The molecule has 0 unspecified atom stereocenters. The first-order valence-corrected chi connectivity index (χ1v) is 8.96. The number of hydrogen-bond donors (Lipinski definition) is 2. The zero-order valence-electron chi connectivity index (χ0n) is 15.6. The number of rotatable bonds is 5. The number of carbonyl (C=O) groups excluding carboxylic acids is 2. The van der Waals surface area contributed by atoms with Gasteiger partial charge < -0.3 is 15.5 Å². The normalized spacial score (nSPS) is 16.1. The van der Waals surface area contributed by atoms with Crippen LogP contribution in [0, 0.1) is 11.2 Å². The molecule has 8 nitrogen and oxygen atoms in total. The highest BCUT2D eigenvalue weighted by Gasteiger charge is 2.32. The van der Waals surface area contributed by atoms with Crippen molar-refractivity contribution < 1.29 is 18.7 Å². The molecule has 0 bridgehead atoms. The second kappa shape index (κ2) is 7.34. The van der Waals surface area contributed by atoms with Crippen LogP contribution in [-0.4, -0.2) is 46.8 Å². The molecular formula is C20H18FN5O3. The number of anilines is 1. The van der Waals surface area contributed by atoms with E-state index in [-0.39, 0.29) is 19.0 Å². The van der Waals surface area contributed by atoms with E-state index in [1.54, 1.807) is 41.1 Å². The van der Waals surface area contributed by atoms with Gasteiger partial charge in [0.2, 0.25) is 5.91 Å². The van der Waals surface area contributed by atoms with Gasteiger partial charge in [0.25, 0.3) is 0 Å². The number of pyridine rings is 1. The van der Waals surface area contributed by atoms with Gasteiger partial charge in [-0.1, -0.05) is 0 Å². The molecule has 1 aliphatic rings. The third-order valence-corrected chi connectivity index (χ3v) is 4.72. The van der Waals surface area contributed by atoms with Gasteiger partial charge in [-0.25, -0.2) is 14.2 Å². The topological polar surface area (TPSA) is 99.8 Å². The molecule has 29 heavy (non-hydrogen) atoms. The number of ether oxygens (including phenoxy) is 1. The number of aromatic nitrogens is 2. The molecule has 4 rings (SSSR count). The molecule has 0 radical (unpaired) electrons. The van der Waals surface area contributed by atoms with Crippen LogP contribution in [-0.2, 0) is 9.53 Å². The van der Waals surface area contributed by atoms with Crippen molar-refractivity contribution in [2.45, 2.75) is 13.0 Å². The van der Waals surface area contributed by atoms with E-state index in [0.717, 1.165) is 0 Å². The maximum absolute atomic E-state index is 14.8. The Labute approximate surface area is 165 Å². The molecule has 0 aliphatic carbocycles. The van der Waals surface area contributed by atoms with Gasteiger partial charge in [-0.05, 0) is 35.9 Å². The molecule has 1 aliphatic heterocycles. The fraction of sp³-hybridized carbons (Fsp3) is 0.200. The van der Waals surface area contributed by atoms with E-state index in [1.165, 1.54) is 24.1 Å². The Kier molecular flexibility index (Phi) is 4.71. The fourth-order valence-corrected chi connectivity index (χ4v) is 3.28. The number of hydrogen-bond acceptors (Lipinski definition) is 5. The molecule has 0 saturated carbocycles. The predicted molar refractivity (Wildman–Crippen MR) is 105 cm³/mol. The second-order valence-corrected chi connectivity index (χ2v) is 6.69. The van der Waals surface area contributed by atoms with E-state index in [4.69, 9.17) is 10.1 Å². The Bertz CT molecular complexity index is 1130. The van der Waals surface area contributed by atoms with Gasteiger partial charge in [0.1, 0.15) is 17.6 Å². The lowest BCUT2D eigenvalue weighted by Crippen LogP contribution is -2.33. The molecule has 1 aromatic carbocycles. The molecule has 1 fully saturated rings. The summed E-state index contributed by atoms with van der Waals surface area (Å²) in [6.07, 6.45) is 3.44. The van der Waals surface area contributed by atoms with Crippen LogP contribution in [0.25, 0.3) is 16.8 Å². The standard InChI is InChI=1S/C20H18FN5O3/c1-12(27)23-10-16-11-26(20(28)29-16)14-2-3-17(18(21)7-14)13-4-5-25-15(8-22)9-24-19(25)6-13/h2-9,16,22H,10-11H2,1H3,(H,23,27)/t16-/m0/s1. The van der Waals surface area contributed by atoms with E-state index in [2.05, 4.69) is 10.3 Å². The largest absolute Gasteiger partial charge is 0.442 e. The summed E-state index contributed by atoms with van der Waals surface area (Å²) in [6.45, 7) is 1.82. The van der Waals surface area contributed by atoms with Crippen LogP contribution < -0.4 is 10.2 Å². The SMILES string of the molecule is CC(=O)NC[C@H]1CN(c2ccc(-c3ccn4c(C=N)cnc4c3)c(F)c2)C(=O)O1. The monoisotopic (exact) mass is 395 g/mol. The summed E-state index contributed by atoms with van der Waals surface area (Å²) >= 11 is 0. The first kappa shape index (κ1) is 18.6. The van der Waals surface area contributed by atoms with Crippen molar-refractivity contribution in [3.8, 4) is 11.1 Å². The zero-order valence-corrected chi connectivity index (χ0v) is 15.6. The second-order valence-electron chi connectivity index (χ2n) is 6.69. The van der Waals surface area contributed by atoms with Crippen molar-refractivity contribution in [1.29, 1.82) is 5.41 Å². The zero-order chi connectivity index (χ0) is 20.5. The van der Waals surface area contributed by atoms with E-state index < -0.39 is 18.0 Å². The van der Waals surface area contributed by atoms with Crippen molar-refractivity contribution in [3.05, 3.63) is 54.2 Å². The Balaban J connectivity index is 1.57. The number of nitrogens with zero attached hydrogens (tertiary/aromatic N) is 3. The Morgan fingerprint density at radius 1 is 1.41 bits per heavy atom. The molecule has 2 amide bonds. The number of fused-ring (bicyclic) bond motifs is 1. The highest BCUT2D eigenvalue weighted by molar-refractivity contribution is 5.90. The number of halogens is 1. The Morgan fingerprint density at radius 3 is 2.97 bits per heavy atom. The van der Waals surface area contributed by atoms with Gasteiger partial charge in [0.15, 0.2) is 0 Å². The van der Waals surface area contributed by atoms with Gasteiger partial charge >= 0.3 is 6.09 Å². The van der Waals surface area contributed by atoms with Crippen LogP contribution in [0.15, 0.2) is 42.7 Å². The summed E-state index contributed by atoms with van der Waals surface area (Å²) < 4.78 is 21.8. The molecule has 0 spiro atoms. The van der Waals surface area contributed by atoms with Crippen molar-refractivity contribution in [3.63, 3.8) is 0 Å². The molecule has 2 aromatic heterocycles. The molecule has 148 valence electrons. The summed E-state index contributed by atoms with van der Waals surface area (Å²) in [7, 11) is 0. The van der Waals surface area contributed by atoms with Gasteiger partial charge in [-0.15, -0.1) is 0 Å². The highest BCUT2D eigenvalue weighted by Crippen LogP contribution is 2.29. The van der Waals surface area contributed by atoms with Gasteiger partial charge in [-0.3, -0.25) is 14.1 Å². The van der Waals surface area contributed by atoms with Gasteiger partial charge in [-0.2, -0.15) is 0 Å². The van der Waals surface area contributed by atoms with Crippen LogP contribution in [0.5, 0.6) is 0 Å². The summed E-state index contributed by atoms with van der Waals surface area (Å²) in [6, 6.07) is 8.02. The number of carbonyl (C=O) groups is 2. The fourth-order valence-electron chi connectivity index (χ4n) is 3.28. The number of cyclic esters (lactones) is 1. The molecular weight excluding hydrogens is 377 g/mol. The Hall–Kier alpha value is -3.75. The van der Waals surface area contributed by atoms with E-state index in [0.29, 0.717) is 28.2 Å². The quantitative estimate of drug-likeness (QED) is 0.649. The lowest BCUT2D eigenvalue weighted by molar-refractivity contribution is -0.119. The number of nitrogens with one attached hydrogen (secondary N) is 2. The summed E-state index contributed by atoms with van der Waals surface area (Å²) in [5.41, 5.74) is 2.63. The lowest BCUT2D eigenvalue weighted by atomic mass is 10.1. The highest BCUT2D eigenvalue weighted by atomic mass is 19.1. The predicted octanol–water partition coefficient (Wildman–Crippen LogP) is 2.60. The average Bonchev–Trinajstić information content (AvgIpc) is 3.28. The summed E-state index contributed by atoms with van der Waals surface area (Å²) in [5.74, 6) is -0.694. The molecule has 1 atom stereocenters. The maximum atomic E-state index is 14.8. The van der Waals surface area contributed by atoms with E-state index in [9.17, 15) is 14.0 Å². The molecule has 3 heterocycles. The minimum absolute atomic E-state index is 0.209. The smallest absolute Gasteiger partial charge is 0.414 e. The molecule has 9 heteroatoms. The number of imidazole rings is 1. The van der Waals surface area contributed by atoms with Crippen LogP contribution in [0.2, 0.25) is 0 Å². The molecule has 2 N–H and O–H groups in total. The van der Waals surface area contributed by atoms with Crippen molar-refractivity contribution in [2.75, 3.05) is 18.0 Å². The van der Waals surface area contributed by atoms with E-state index in [1.807, 2.05) is 0 Å². The van der Waals surface area contributed by atoms with Crippen molar-refractivity contribution in [2.24, 2.45) is 0 Å². The summed E-state index contributed by atoms with van der Waals surface area (Å²) in [5, 5.41) is 9.97. The first-order chi connectivity index (χ1) is 14.0.